The first kappa shape index (κ1) is 25.6. The van der Waals surface area contributed by atoms with Crippen LogP contribution in [0.15, 0.2) is 64.1 Å². The molecule has 9 heteroatoms. The SMILES string of the molecule is Cc1ccc(C)c2sc(N(Cc3ccco3)C(=O)c3ccc(S(=O)(=O)N4CC(C)CC(C)C4)cc3)nc12. The molecule has 4 aromatic rings. The predicted molar refractivity (Wildman–Crippen MR) is 146 cm³/mol. The number of carbonyl (C=O) groups is 1. The molecule has 3 heterocycles. The molecule has 1 amide bonds. The lowest BCUT2D eigenvalue weighted by molar-refractivity contribution is 0.0983. The number of amides is 1. The fourth-order valence-electron chi connectivity index (χ4n) is 5.02. The first-order valence-corrected chi connectivity index (χ1v) is 14.7. The molecule has 1 aliphatic rings. The van der Waals surface area contributed by atoms with Crippen LogP contribution in [0.3, 0.4) is 0 Å². The fourth-order valence-corrected chi connectivity index (χ4v) is 7.81. The summed E-state index contributed by atoms with van der Waals surface area (Å²) in [5.41, 5.74) is 3.41. The number of aromatic nitrogens is 1. The topological polar surface area (TPSA) is 83.7 Å². The number of fused-ring (bicyclic) bond motifs is 1. The fraction of sp³-hybridized carbons (Fsp3) is 0.357. The Hall–Kier alpha value is -3.01. The average Bonchev–Trinajstić information content (AvgIpc) is 3.55. The van der Waals surface area contributed by atoms with Gasteiger partial charge in [-0.25, -0.2) is 13.4 Å². The molecule has 2 unspecified atom stereocenters. The van der Waals surface area contributed by atoms with E-state index in [2.05, 4.69) is 19.9 Å². The van der Waals surface area contributed by atoms with E-state index in [4.69, 9.17) is 9.40 Å². The molecule has 37 heavy (non-hydrogen) atoms. The first-order valence-electron chi connectivity index (χ1n) is 12.4. The Morgan fingerprint density at radius 2 is 1.73 bits per heavy atom. The molecular weight excluding hydrogens is 506 g/mol. The van der Waals surface area contributed by atoms with Crippen LogP contribution in [-0.2, 0) is 16.6 Å². The number of carbonyl (C=O) groups excluding carboxylic acids is 1. The van der Waals surface area contributed by atoms with Crippen LogP contribution in [-0.4, -0.2) is 36.7 Å². The van der Waals surface area contributed by atoms with E-state index in [0.717, 1.165) is 27.8 Å². The molecular formula is C28H31N3O4S2. The van der Waals surface area contributed by atoms with Gasteiger partial charge in [0.1, 0.15) is 5.76 Å². The van der Waals surface area contributed by atoms with Crippen LogP contribution in [0.25, 0.3) is 10.2 Å². The quantitative estimate of drug-likeness (QED) is 0.300. The number of benzene rings is 2. The van der Waals surface area contributed by atoms with Crippen LogP contribution < -0.4 is 4.90 Å². The second kappa shape index (κ2) is 10.0. The summed E-state index contributed by atoms with van der Waals surface area (Å²) < 4.78 is 34.7. The predicted octanol–water partition coefficient (Wildman–Crippen LogP) is 6.02. The number of anilines is 1. The smallest absolute Gasteiger partial charge is 0.260 e. The Bertz CT molecular complexity index is 1480. The molecule has 0 bridgehead atoms. The molecule has 1 aliphatic heterocycles. The van der Waals surface area contributed by atoms with Crippen LogP contribution in [0.5, 0.6) is 0 Å². The Balaban J connectivity index is 1.47. The van der Waals surface area contributed by atoms with E-state index in [1.54, 1.807) is 33.7 Å². The third-order valence-corrected chi connectivity index (χ3v) is 9.93. The monoisotopic (exact) mass is 537 g/mol. The van der Waals surface area contributed by atoms with Gasteiger partial charge >= 0.3 is 0 Å². The summed E-state index contributed by atoms with van der Waals surface area (Å²) in [4.78, 5) is 20.4. The van der Waals surface area contributed by atoms with E-state index in [1.807, 2.05) is 26.0 Å². The molecule has 0 aliphatic carbocycles. The van der Waals surface area contributed by atoms with E-state index >= 15 is 0 Å². The highest BCUT2D eigenvalue weighted by Crippen LogP contribution is 2.35. The highest BCUT2D eigenvalue weighted by Gasteiger charge is 2.32. The van der Waals surface area contributed by atoms with Gasteiger partial charge < -0.3 is 4.42 Å². The van der Waals surface area contributed by atoms with E-state index in [9.17, 15) is 13.2 Å². The lowest BCUT2D eigenvalue weighted by Crippen LogP contribution is -2.42. The molecule has 0 saturated carbocycles. The minimum absolute atomic E-state index is 0.203. The summed E-state index contributed by atoms with van der Waals surface area (Å²) in [5, 5.41) is 0.571. The van der Waals surface area contributed by atoms with E-state index < -0.39 is 10.0 Å². The van der Waals surface area contributed by atoms with Crippen molar-refractivity contribution in [1.29, 1.82) is 0 Å². The van der Waals surface area contributed by atoms with Gasteiger partial charge in [-0.1, -0.05) is 37.3 Å². The second-order valence-corrected chi connectivity index (χ2v) is 13.1. The van der Waals surface area contributed by atoms with Gasteiger partial charge in [0.2, 0.25) is 10.0 Å². The van der Waals surface area contributed by atoms with Crippen molar-refractivity contribution >= 4 is 42.6 Å². The minimum Gasteiger partial charge on any atom is -0.467 e. The van der Waals surface area contributed by atoms with Crippen molar-refractivity contribution in [3.05, 3.63) is 77.2 Å². The van der Waals surface area contributed by atoms with Gasteiger partial charge in [0.25, 0.3) is 5.91 Å². The average molecular weight is 538 g/mol. The molecule has 2 atom stereocenters. The molecule has 194 valence electrons. The number of furan rings is 1. The molecule has 2 aromatic heterocycles. The van der Waals surface area contributed by atoms with Crippen molar-refractivity contribution in [2.45, 2.75) is 45.6 Å². The Morgan fingerprint density at radius 1 is 1.05 bits per heavy atom. The number of hydrogen-bond donors (Lipinski definition) is 0. The molecule has 0 spiro atoms. The number of aryl methyl sites for hydroxylation is 2. The lowest BCUT2D eigenvalue weighted by atomic mass is 9.94. The van der Waals surface area contributed by atoms with Crippen molar-refractivity contribution in [3.8, 4) is 0 Å². The highest BCUT2D eigenvalue weighted by molar-refractivity contribution is 7.89. The van der Waals surface area contributed by atoms with Gasteiger partial charge in [0, 0.05) is 18.7 Å². The van der Waals surface area contributed by atoms with E-state index in [0.29, 0.717) is 41.4 Å². The molecule has 0 radical (unpaired) electrons. The Kier molecular flexibility index (Phi) is 6.95. The molecule has 7 nitrogen and oxygen atoms in total. The van der Waals surface area contributed by atoms with Crippen LogP contribution in [0.4, 0.5) is 5.13 Å². The van der Waals surface area contributed by atoms with Crippen LogP contribution >= 0.6 is 11.3 Å². The molecule has 1 saturated heterocycles. The lowest BCUT2D eigenvalue weighted by Gasteiger charge is -2.34. The largest absolute Gasteiger partial charge is 0.467 e. The van der Waals surface area contributed by atoms with E-state index in [-0.39, 0.29) is 17.3 Å². The van der Waals surface area contributed by atoms with Gasteiger partial charge in [-0.15, -0.1) is 0 Å². The highest BCUT2D eigenvalue weighted by atomic mass is 32.2. The zero-order valence-corrected chi connectivity index (χ0v) is 23.1. The summed E-state index contributed by atoms with van der Waals surface area (Å²) in [5.74, 6) is 0.995. The van der Waals surface area contributed by atoms with Crippen LogP contribution in [0.2, 0.25) is 0 Å². The maximum atomic E-state index is 13.8. The molecule has 2 aromatic carbocycles. The normalized spacial score (nSPS) is 18.8. The second-order valence-electron chi connectivity index (χ2n) is 10.1. The van der Waals surface area contributed by atoms with Crippen molar-refractivity contribution in [3.63, 3.8) is 0 Å². The summed E-state index contributed by atoms with van der Waals surface area (Å²) >= 11 is 1.47. The number of piperidine rings is 1. The number of sulfonamides is 1. The molecule has 1 fully saturated rings. The standard InChI is InChI=1S/C28H31N3O4S2/c1-18-14-19(2)16-30(15-18)37(33,34)24-11-9-22(10-12-24)27(32)31(17-23-6-5-13-35-23)28-29-25-20(3)7-8-21(4)26(25)36-28/h5-13,18-19H,14-17H2,1-4H3. The Labute approximate surface area is 221 Å². The maximum absolute atomic E-state index is 13.8. The van der Waals surface area contributed by atoms with Crippen LogP contribution in [0.1, 0.15) is 47.5 Å². The zero-order valence-electron chi connectivity index (χ0n) is 21.5. The van der Waals surface area contributed by atoms with Gasteiger partial charge in [-0.05, 0) is 79.6 Å². The summed E-state index contributed by atoms with van der Waals surface area (Å²) in [7, 11) is -3.63. The van der Waals surface area contributed by atoms with Crippen molar-refractivity contribution < 1.29 is 17.6 Å². The maximum Gasteiger partial charge on any atom is 0.260 e. The van der Waals surface area contributed by atoms with Gasteiger partial charge in [0.15, 0.2) is 5.13 Å². The number of hydrogen-bond acceptors (Lipinski definition) is 6. The van der Waals surface area contributed by atoms with Crippen molar-refractivity contribution in [2.75, 3.05) is 18.0 Å². The number of rotatable bonds is 6. The number of thiazole rings is 1. The number of nitrogens with zero attached hydrogens (tertiary/aromatic N) is 3. The van der Waals surface area contributed by atoms with Crippen molar-refractivity contribution in [1.82, 2.24) is 9.29 Å². The van der Waals surface area contributed by atoms with Crippen molar-refractivity contribution in [2.24, 2.45) is 11.8 Å². The Morgan fingerprint density at radius 3 is 2.35 bits per heavy atom. The summed E-state index contributed by atoms with van der Waals surface area (Å²) in [6, 6.07) is 13.9. The molecule has 5 rings (SSSR count). The summed E-state index contributed by atoms with van der Waals surface area (Å²) in [6.45, 7) is 9.45. The van der Waals surface area contributed by atoms with Gasteiger partial charge in [0.05, 0.1) is 27.9 Å². The third-order valence-electron chi connectivity index (χ3n) is 6.88. The van der Waals surface area contributed by atoms with E-state index in [1.165, 1.54) is 23.5 Å². The first-order chi connectivity index (χ1) is 17.6. The summed E-state index contributed by atoms with van der Waals surface area (Å²) in [6.07, 6.45) is 2.60. The van der Waals surface area contributed by atoms with Crippen LogP contribution in [0, 0.1) is 25.7 Å². The minimum atomic E-state index is -3.63. The zero-order chi connectivity index (χ0) is 26.3. The van der Waals surface area contributed by atoms with Gasteiger partial charge in [-0.3, -0.25) is 9.69 Å². The molecule has 0 N–H and O–H groups in total. The van der Waals surface area contributed by atoms with Gasteiger partial charge in [-0.2, -0.15) is 4.31 Å². The third kappa shape index (κ3) is 5.08.